The second-order valence-electron chi connectivity index (χ2n) is 5.12. The van der Waals surface area contributed by atoms with Crippen LogP contribution in [-0.4, -0.2) is 63.4 Å². The van der Waals surface area contributed by atoms with Crippen LogP contribution in [0.5, 0.6) is 0 Å². The maximum absolute atomic E-state index is 12.2. The molecule has 1 saturated heterocycles. The van der Waals surface area contributed by atoms with E-state index in [4.69, 9.17) is 0 Å². The SMILES string of the molecule is CCN1CCN(C(=O)CCSC)C[C@H]1c1nccn1C. The van der Waals surface area contributed by atoms with Crippen LogP contribution in [0, 0.1) is 0 Å². The Bertz CT molecular complexity index is 448. The number of hydrogen-bond acceptors (Lipinski definition) is 4. The van der Waals surface area contributed by atoms with Crippen LogP contribution in [0.15, 0.2) is 12.4 Å². The Morgan fingerprint density at radius 1 is 1.50 bits per heavy atom. The quantitative estimate of drug-likeness (QED) is 0.823. The van der Waals surface area contributed by atoms with Crippen molar-refractivity contribution in [3.63, 3.8) is 0 Å². The molecule has 2 heterocycles. The Labute approximate surface area is 125 Å². The van der Waals surface area contributed by atoms with E-state index in [1.165, 1.54) is 0 Å². The van der Waals surface area contributed by atoms with Gasteiger partial charge in [-0.1, -0.05) is 6.92 Å². The lowest BCUT2D eigenvalue weighted by atomic mass is 10.1. The minimum Gasteiger partial charge on any atom is -0.339 e. The van der Waals surface area contributed by atoms with Crippen molar-refractivity contribution in [2.75, 3.05) is 38.2 Å². The van der Waals surface area contributed by atoms with Crippen molar-refractivity contribution >= 4 is 17.7 Å². The van der Waals surface area contributed by atoms with Crippen molar-refractivity contribution in [1.29, 1.82) is 0 Å². The van der Waals surface area contributed by atoms with Crippen molar-refractivity contribution in [2.45, 2.75) is 19.4 Å². The molecular formula is C14H24N4OS. The van der Waals surface area contributed by atoms with E-state index in [0.717, 1.165) is 37.8 Å². The zero-order valence-corrected chi connectivity index (χ0v) is 13.4. The maximum Gasteiger partial charge on any atom is 0.223 e. The number of carbonyl (C=O) groups is 1. The van der Waals surface area contributed by atoms with Gasteiger partial charge in [0.1, 0.15) is 5.82 Å². The van der Waals surface area contributed by atoms with E-state index in [1.807, 2.05) is 30.6 Å². The highest BCUT2D eigenvalue weighted by atomic mass is 32.2. The van der Waals surface area contributed by atoms with Gasteiger partial charge in [0.25, 0.3) is 0 Å². The second-order valence-corrected chi connectivity index (χ2v) is 6.11. The summed E-state index contributed by atoms with van der Waals surface area (Å²) in [6.07, 6.45) is 6.48. The highest BCUT2D eigenvalue weighted by Gasteiger charge is 2.31. The van der Waals surface area contributed by atoms with Crippen molar-refractivity contribution in [2.24, 2.45) is 7.05 Å². The number of imidazole rings is 1. The Morgan fingerprint density at radius 3 is 2.90 bits per heavy atom. The number of thioether (sulfide) groups is 1. The van der Waals surface area contributed by atoms with E-state index in [0.29, 0.717) is 6.42 Å². The standard InChI is InChI=1S/C14H24N4OS/c1-4-17-8-9-18(13(19)5-10-20-3)11-12(17)14-15-6-7-16(14)2/h6-7,12H,4-5,8-11H2,1-3H3/t12-/m0/s1. The van der Waals surface area contributed by atoms with Crippen molar-refractivity contribution in [3.05, 3.63) is 18.2 Å². The molecule has 5 nitrogen and oxygen atoms in total. The topological polar surface area (TPSA) is 41.4 Å². The second kappa shape index (κ2) is 7.13. The van der Waals surface area contributed by atoms with Crippen LogP contribution in [0.2, 0.25) is 0 Å². The summed E-state index contributed by atoms with van der Waals surface area (Å²) in [5.41, 5.74) is 0. The smallest absolute Gasteiger partial charge is 0.223 e. The first-order chi connectivity index (χ1) is 9.67. The molecule has 20 heavy (non-hydrogen) atoms. The molecule has 0 aromatic carbocycles. The van der Waals surface area contributed by atoms with Crippen molar-refractivity contribution < 1.29 is 4.79 Å². The van der Waals surface area contributed by atoms with Crippen LogP contribution in [0.4, 0.5) is 0 Å². The number of carbonyl (C=O) groups excluding carboxylic acids is 1. The third kappa shape index (κ3) is 3.35. The first-order valence-corrected chi connectivity index (χ1v) is 8.54. The van der Waals surface area contributed by atoms with Gasteiger partial charge in [-0.25, -0.2) is 4.98 Å². The third-order valence-corrected chi connectivity index (χ3v) is 4.54. The number of aryl methyl sites for hydroxylation is 1. The first-order valence-electron chi connectivity index (χ1n) is 7.15. The van der Waals surface area contributed by atoms with E-state index in [1.54, 1.807) is 11.8 Å². The molecule has 112 valence electrons. The van der Waals surface area contributed by atoms with Gasteiger partial charge in [0.2, 0.25) is 5.91 Å². The summed E-state index contributed by atoms with van der Waals surface area (Å²) >= 11 is 1.73. The maximum atomic E-state index is 12.2. The van der Waals surface area contributed by atoms with E-state index in [-0.39, 0.29) is 11.9 Å². The van der Waals surface area contributed by atoms with Crippen LogP contribution in [-0.2, 0) is 11.8 Å². The van der Waals surface area contributed by atoms with Gasteiger partial charge in [0, 0.05) is 51.2 Å². The molecule has 0 N–H and O–H groups in total. The zero-order chi connectivity index (χ0) is 14.5. The van der Waals surface area contributed by atoms with Crippen LogP contribution in [0.3, 0.4) is 0 Å². The van der Waals surface area contributed by atoms with Gasteiger partial charge in [-0.05, 0) is 12.8 Å². The van der Waals surface area contributed by atoms with Crippen LogP contribution in [0.1, 0.15) is 25.2 Å². The van der Waals surface area contributed by atoms with E-state index >= 15 is 0 Å². The number of amides is 1. The Balaban J connectivity index is 2.08. The molecule has 1 aliphatic rings. The summed E-state index contributed by atoms with van der Waals surface area (Å²) in [6.45, 7) is 5.68. The molecule has 0 spiro atoms. The predicted molar refractivity (Wildman–Crippen MR) is 82.8 cm³/mol. The molecule has 1 fully saturated rings. The summed E-state index contributed by atoms with van der Waals surface area (Å²) in [5, 5.41) is 0. The molecule has 0 aliphatic carbocycles. The van der Waals surface area contributed by atoms with Gasteiger partial charge in [-0.2, -0.15) is 11.8 Å². The molecule has 1 atom stereocenters. The van der Waals surface area contributed by atoms with Crippen molar-refractivity contribution in [1.82, 2.24) is 19.4 Å². The molecule has 6 heteroatoms. The van der Waals surface area contributed by atoms with Gasteiger partial charge in [0.05, 0.1) is 6.04 Å². The van der Waals surface area contributed by atoms with E-state index in [9.17, 15) is 4.79 Å². The van der Waals surface area contributed by atoms with Crippen LogP contribution >= 0.6 is 11.8 Å². The van der Waals surface area contributed by atoms with Crippen LogP contribution in [0.25, 0.3) is 0 Å². The average molecular weight is 296 g/mol. The molecule has 2 rings (SSSR count). The number of aromatic nitrogens is 2. The zero-order valence-electron chi connectivity index (χ0n) is 12.6. The fourth-order valence-electron chi connectivity index (χ4n) is 2.72. The lowest BCUT2D eigenvalue weighted by Crippen LogP contribution is -2.51. The van der Waals surface area contributed by atoms with Gasteiger partial charge < -0.3 is 9.47 Å². The number of hydrogen-bond donors (Lipinski definition) is 0. The van der Waals surface area contributed by atoms with Gasteiger partial charge >= 0.3 is 0 Å². The molecule has 0 bridgehead atoms. The third-order valence-electron chi connectivity index (χ3n) is 3.93. The molecule has 1 amide bonds. The molecule has 0 radical (unpaired) electrons. The summed E-state index contributed by atoms with van der Waals surface area (Å²) in [4.78, 5) is 21.1. The lowest BCUT2D eigenvalue weighted by Gasteiger charge is -2.40. The highest BCUT2D eigenvalue weighted by molar-refractivity contribution is 7.98. The summed E-state index contributed by atoms with van der Waals surface area (Å²) in [5.74, 6) is 2.23. The molecule has 0 saturated carbocycles. The highest BCUT2D eigenvalue weighted by Crippen LogP contribution is 2.24. The van der Waals surface area contributed by atoms with Crippen molar-refractivity contribution in [3.8, 4) is 0 Å². The summed E-state index contributed by atoms with van der Waals surface area (Å²) in [7, 11) is 2.02. The molecule has 1 aromatic rings. The minimum absolute atomic E-state index is 0.215. The van der Waals surface area contributed by atoms with Gasteiger partial charge in [-0.15, -0.1) is 0 Å². The first kappa shape index (κ1) is 15.4. The summed E-state index contributed by atoms with van der Waals surface area (Å²) < 4.78 is 2.06. The predicted octanol–water partition coefficient (Wildman–Crippen LogP) is 1.38. The number of rotatable bonds is 5. The number of likely N-dealkylation sites (N-methyl/N-ethyl adjacent to an activating group) is 1. The van der Waals surface area contributed by atoms with E-state index < -0.39 is 0 Å². The average Bonchev–Trinajstić information content (AvgIpc) is 2.90. The molecular weight excluding hydrogens is 272 g/mol. The Kier molecular flexibility index (Phi) is 5.48. The normalized spacial score (nSPS) is 20.4. The van der Waals surface area contributed by atoms with Crippen LogP contribution < -0.4 is 0 Å². The molecule has 1 aromatic heterocycles. The minimum atomic E-state index is 0.215. The monoisotopic (exact) mass is 296 g/mol. The lowest BCUT2D eigenvalue weighted by molar-refractivity contribution is -0.133. The summed E-state index contributed by atoms with van der Waals surface area (Å²) in [6, 6.07) is 0.215. The van der Waals surface area contributed by atoms with E-state index in [2.05, 4.69) is 21.4 Å². The largest absolute Gasteiger partial charge is 0.339 e. The fourth-order valence-corrected chi connectivity index (χ4v) is 3.09. The molecule has 1 aliphatic heterocycles. The Hall–Kier alpha value is -1.01. The van der Waals surface area contributed by atoms with Gasteiger partial charge in [0.15, 0.2) is 0 Å². The number of piperazine rings is 1. The molecule has 0 unspecified atom stereocenters. The Morgan fingerprint density at radius 2 is 2.30 bits per heavy atom. The number of nitrogens with zero attached hydrogens (tertiary/aromatic N) is 4. The fraction of sp³-hybridized carbons (Fsp3) is 0.714. The van der Waals surface area contributed by atoms with Gasteiger partial charge in [-0.3, -0.25) is 9.69 Å².